The van der Waals surface area contributed by atoms with Crippen LogP contribution in [0.3, 0.4) is 0 Å². The molecule has 0 bridgehead atoms. The van der Waals surface area contributed by atoms with E-state index in [0.29, 0.717) is 0 Å². The largest absolute Gasteiger partial charge is 0.471 e. The van der Waals surface area contributed by atoms with Crippen molar-refractivity contribution in [1.82, 2.24) is 10.3 Å². The summed E-state index contributed by atoms with van der Waals surface area (Å²) in [7, 11) is 0. The molecule has 1 heterocycles. The number of alkyl halides is 3. The smallest absolute Gasteiger partial charge is 0.359 e. The van der Waals surface area contributed by atoms with E-state index in [4.69, 9.17) is 0 Å². The van der Waals surface area contributed by atoms with Crippen molar-refractivity contribution >= 4 is 11.7 Å². The van der Waals surface area contributed by atoms with Gasteiger partial charge in [0.25, 0.3) is 0 Å². The van der Waals surface area contributed by atoms with E-state index in [1.54, 1.807) is 5.32 Å². The standard InChI is InChI=1S/C9H9F3N2O2/c1-5(14-8(16)9(10,11)12)7(15)6-3-2-4-13-6/h2-5,13H,1H3,(H,14,16). The van der Waals surface area contributed by atoms with Crippen molar-refractivity contribution in [3.05, 3.63) is 24.0 Å². The van der Waals surface area contributed by atoms with Crippen molar-refractivity contribution in [3.63, 3.8) is 0 Å². The number of carbonyl (C=O) groups excluding carboxylic acids is 2. The second kappa shape index (κ2) is 4.38. The molecule has 0 aliphatic rings. The van der Waals surface area contributed by atoms with E-state index in [0.717, 1.165) is 0 Å². The molecule has 16 heavy (non-hydrogen) atoms. The van der Waals surface area contributed by atoms with Gasteiger partial charge in [-0.15, -0.1) is 0 Å². The topological polar surface area (TPSA) is 62.0 Å². The molecular formula is C9H9F3N2O2. The molecule has 1 aromatic rings. The average molecular weight is 234 g/mol. The number of hydrogen-bond donors (Lipinski definition) is 2. The lowest BCUT2D eigenvalue weighted by molar-refractivity contribution is -0.173. The maximum Gasteiger partial charge on any atom is 0.471 e. The van der Waals surface area contributed by atoms with Crippen LogP contribution in [0.2, 0.25) is 0 Å². The summed E-state index contributed by atoms with van der Waals surface area (Å²) in [4.78, 5) is 24.6. The molecule has 0 aliphatic carbocycles. The van der Waals surface area contributed by atoms with Gasteiger partial charge in [0.1, 0.15) is 0 Å². The van der Waals surface area contributed by atoms with E-state index in [1.165, 1.54) is 25.3 Å². The number of aromatic amines is 1. The summed E-state index contributed by atoms with van der Waals surface area (Å²) in [6.45, 7) is 1.19. The predicted octanol–water partition coefficient (Wildman–Crippen LogP) is 1.26. The Morgan fingerprint density at radius 3 is 2.50 bits per heavy atom. The fraction of sp³-hybridized carbons (Fsp3) is 0.333. The highest BCUT2D eigenvalue weighted by Crippen LogP contribution is 2.14. The number of aromatic nitrogens is 1. The van der Waals surface area contributed by atoms with Gasteiger partial charge in [0.05, 0.1) is 11.7 Å². The highest BCUT2D eigenvalue weighted by molar-refractivity contribution is 6.00. The van der Waals surface area contributed by atoms with Crippen LogP contribution < -0.4 is 5.32 Å². The summed E-state index contributed by atoms with van der Waals surface area (Å²) in [5, 5.41) is 1.57. The molecule has 88 valence electrons. The summed E-state index contributed by atoms with van der Waals surface area (Å²) in [6, 6.07) is 1.72. The number of Topliss-reactive ketones (excluding diaryl/α,β-unsaturated/α-hetero) is 1. The first-order chi connectivity index (χ1) is 7.32. The lowest BCUT2D eigenvalue weighted by Crippen LogP contribution is -2.45. The van der Waals surface area contributed by atoms with Gasteiger partial charge in [0.15, 0.2) is 0 Å². The van der Waals surface area contributed by atoms with E-state index in [1.807, 2.05) is 0 Å². The summed E-state index contributed by atoms with van der Waals surface area (Å²) < 4.78 is 35.7. The second-order valence-electron chi connectivity index (χ2n) is 3.14. The minimum absolute atomic E-state index is 0.148. The third kappa shape index (κ3) is 2.85. The highest BCUT2D eigenvalue weighted by atomic mass is 19.4. The molecular weight excluding hydrogens is 225 g/mol. The number of H-pyrrole nitrogens is 1. The minimum Gasteiger partial charge on any atom is -0.359 e. The second-order valence-corrected chi connectivity index (χ2v) is 3.14. The van der Waals surface area contributed by atoms with Gasteiger partial charge >= 0.3 is 12.1 Å². The Labute approximate surface area is 88.8 Å². The van der Waals surface area contributed by atoms with Crippen molar-refractivity contribution in [1.29, 1.82) is 0 Å². The van der Waals surface area contributed by atoms with Crippen LogP contribution in [-0.4, -0.2) is 28.9 Å². The average Bonchev–Trinajstić information content (AvgIpc) is 2.67. The lowest BCUT2D eigenvalue weighted by atomic mass is 10.1. The molecule has 0 radical (unpaired) electrons. The number of amides is 1. The Morgan fingerprint density at radius 1 is 1.44 bits per heavy atom. The zero-order chi connectivity index (χ0) is 12.3. The molecule has 0 saturated carbocycles. The molecule has 0 fully saturated rings. The van der Waals surface area contributed by atoms with Gasteiger partial charge in [0, 0.05) is 6.20 Å². The number of rotatable bonds is 3. The Balaban J connectivity index is 2.63. The van der Waals surface area contributed by atoms with Crippen molar-refractivity contribution in [3.8, 4) is 0 Å². The van der Waals surface area contributed by atoms with Crippen molar-refractivity contribution in [2.24, 2.45) is 0 Å². The van der Waals surface area contributed by atoms with Crippen molar-refractivity contribution in [2.75, 3.05) is 0 Å². The van der Waals surface area contributed by atoms with Gasteiger partial charge < -0.3 is 10.3 Å². The highest BCUT2D eigenvalue weighted by Gasteiger charge is 2.40. The van der Waals surface area contributed by atoms with Gasteiger partial charge in [0.2, 0.25) is 5.78 Å². The monoisotopic (exact) mass is 234 g/mol. The van der Waals surface area contributed by atoms with E-state index in [9.17, 15) is 22.8 Å². The third-order valence-electron chi connectivity index (χ3n) is 1.86. The molecule has 0 aliphatic heterocycles. The summed E-state index contributed by atoms with van der Waals surface area (Å²) in [5.74, 6) is -2.73. The van der Waals surface area contributed by atoms with Gasteiger partial charge in [-0.2, -0.15) is 13.2 Å². The molecule has 7 heteroatoms. The molecule has 0 spiro atoms. The number of carbonyl (C=O) groups is 2. The molecule has 2 N–H and O–H groups in total. The minimum atomic E-state index is -4.98. The summed E-state index contributed by atoms with van der Waals surface area (Å²) in [5.41, 5.74) is 0.148. The number of ketones is 1. The first kappa shape index (κ1) is 12.3. The molecule has 1 atom stereocenters. The lowest BCUT2D eigenvalue weighted by Gasteiger charge is -2.13. The van der Waals surface area contributed by atoms with Gasteiger partial charge in [-0.3, -0.25) is 9.59 Å². The van der Waals surface area contributed by atoms with Crippen LogP contribution in [0, 0.1) is 0 Å². The number of nitrogens with one attached hydrogen (secondary N) is 2. The van der Waals surface area contributed by atoms with Crippen LogP contribution >= 0.6 is 0 Å². The fourth-order valence-electron chi connectivity index (χ4n) is 1.06. The van der Waals surface area contributed by atoms with Gasteiger partial charge in [-0.05, 0) is 19.1 Å². The molecule has 1 aromatic heterocycles. The normalized spacial score (nSPS) is 13.2. The van der Waals surface area contributed by atoms with Crippen LogP contribution in [0.4, 0.5) is 13.2 Å². The Bertz CT molecular complexity index is 384. The third-order valence-corrected chi connectivity index (χ3v) is 1.86. The quantitative estimate of drug-likeness (QED) is 0.773. The molecule has 0 aromatic carbocycles. The zero-order valence-electron chi connectivity index (χ0n) is 8.26. The van der Waals surface area contributed by atoms with Crippen LogP contribution in [0.5, 0.6) is 0 Å². The van der Waals surface area contributed by atoms with E-state index in [2.05, 4.69) is 4.98 Å². The fourth-order valence-corrected chi connectivity index (χ4v) is 1.06. The Hall–Kier alpha value is -1.79. The molecule has 1 amide bonds. The van der Waals surface area contributed by atoms with Crippen LogP contribution in [0.15, 0.2) is 18.3 Å². The zero-order valence-corrected chi connectivity index (χ0v) is 8.26. The van der Waals surface area contributed by atoms with E-state index < -0.39 is 23.9 Å². The summed E-state index contributed by atoms with van der Waals surface area (Å²) in [6.07, 6.45) is -3.52. The number of hydrogen-bond acceptors (Lipinski definition) is 2. The van der Waals surface area contributed by atoms with Gasteiger partial charge in [-0.1, -0.05) is 0 Å². The maximum absolute atomic E-state index is 11.9. The van der Waals surface area contributed by atoms with Crippen LogP contribution in [0.25, 0.3) is 0 Å². The Morgan fingerprint density at radius 2 is 2.06 bits per heavy atom. The molecule has 4 nitrogen and oxygen atoms in total. The van der Waals surface area contributed by atoms with Crippen LogP contribution in [0.1, 0.15) is 17.4 Å². The number of halogens is 3. The van der Waals surface area contributed by atoms with Gasteiger partial charge in [-0.25, -0.2) is 0 Å². The maximum atomic E-state index is 11.9. The van der Waals surface area contributed by atoms with Crippen molar-refractivity contribution < 1.29 is 22.8 Å². The first-order valence-corrected chi connectivity index (χ1v) is 4.37. The molecule has 1 rings (SSSR count). The van der Waals surface area contributed by atoms with Crippen molar-refractivity contribution in [2.45, 2.75) is 19.1 Å². The first-order valence-electron chi connectivity index (χ1n) is 4.37. The SMILES string of the molecule is CC(NC(=O)C(F)(F)F)C(=O)c1ccc[nH]1. The summed E-state index contributed by atoms with van der Waals surface area (Å²) >= 11 is 0. The predicted molar refractivity (Wildman–Crippen MR) is 48.8 cm³/mol. The van der Waals surface area contributed by atoms with Crippen LogP contribution in [-0.2, 0) is 4.79 Å². The molecule has 0 saturated heterocycles. The van der Waals surface area contributed by atoms with E-state index >= 15 is 0 Å². The van der Waals surface area contributed by atoms with E-state index in [-0.39, 0.29) is 5.69 Å². The Kier molecular flexibility index (Phi) is 3.36. The molecule has 1 unspecified atom stereocenters.